The first kappa shape index (κ1) is 11.4. The van der Waals surface area contributed by atoms with E-state index in [4.69, 9.17) is 4.89 Å². The topological polar surface area (TPSA) is 108 Å². The Kier molecular flexibility index (Phi) is 4.84. The van der Waals surface area contributed by atoms with Crippen molar-refractivity contribution in [1.82, 2.24) is 0 Å². The van der Waals surface area contributed by atoms with Crippen molar-refractivity contribution in [2.45, 2.75) is 6.92 Å². The average molecular weight is 199 g/mol. The molecular weight excluding hydrogens is 189 g/mol. The summed E-state index contributed by atoms with van der Waals surface area (Å²) in [5.41, 5.74) is 4.54. The largest absolute Gasteiger partial charge is 0.475 e. The van der Waals surface area contributed by atoms with Gasteiger partial charge in [0.1, 0.15) is 0 Å². The quantitative estimate of drug-likeness (QED) is 0.483. The molecule has 0 radical (unpaired) electrons. The van der Waals surface area contributed by atoms with E-state index in [1.165, 1.54) is 6.92 Å². The van der Waals surface area contributed by atoms with E-state index in [2.05, 4.69) is 19.5 Å². The number of primary amides is 1. The van der Waals surface area contributed by atoms with E-state index >= 15 is 0 Å². The van der Waals surface area contributed by atoms with Crippen LogP contribution in [0, 0.1) is 0 Å². The Labute approximate surface area is 69.0 Å². The van der Waals surface area contributed by atoms with E-state index in [-0.39, 0.29) is 6.61 Å². The molecule has 0 aliphatic carbocycles. The maximum Gasteiger partial charge on any atom is 0.475 e. The van der Waals surface area contributed by atoms with E-state index in [0.717, 1.165) is 0 Å². The van der Waals surface area contributed by atoms with Gasteiger partial charge < -0.3 is 15.4 Å². The van der Waals surface area contributed by atoms with Crippen molar-refractivity contribution in [2.75, 3.05) is 13.4 Å². The van der Waals surface area contributed by atoms with Gasteiger partial charge >= 0.3 is 13.9 Å². The number of hydrogen-bond donors (Lipinski definition) is 2. The zero-order valence-electron chi connectivity index (χ0n) is 6.43. The van der Waals surface area contributed by atoms with Crippen LogP contribution in [0.4, 0.5) is 4.79 Å². The first-order valence-electron chi connectivity index (χ1n) is 3.02. The fourth-order valence-electron chi connectivity index (χ4n) is 0.351. The number of phosphoric ester groups is 1. The summed E-state index contributed by atoms with van der Waals surface area (Å²) in [6, 6.07) is 0. The Morgan fingerprint density at radius 3 is 2.58 bits per heavy atom. The third kappa shape index (κ3) is 6.11. The molecule has 0 rings (SSSR count). The van der Waals surface area contributed by atoms with Crippen molar-refractivity contribution in [3.8, 4) is 0 Å². The second-order valence-electron chi connectivity index (χ2n) is 1.60. The number of nitrogens with two attached hydrogens (primary N) is 1. The molecule has 8 heteroatoms. The fourth-order valence-corrected chi connectivity index (χ4v) is 0.938. The van der Waals surface area contributed by atoms with Gasteiger partial charge in [0.05, 0.1) is 6.61 Å². The highest BCUT2D eigenvalue weighted by Gasteiger charge is 2.19. The molecule has 0 bridgehead atoms. The number of carbonyl (C=O) groups excluding carboxylic acids is 1. The molecule has 12 heavy (non-hydrogen) atoms. The fraction of sp³-hybridized carbons (Fsp3) is 0.750. The summed E-state index contributed by atoms with van der Waals surface area (Å²) in [6.45, 7) is 0.828. The third-order valence-corrected chi connectivity index (χ3v) is 1.73. The average Bonchev–Trinajstić information content (AvgIpc) is 1.85. The van der Waals surface area contributed by atoms with E-state index in [0.29, 0.717) is 0 Å². The molecule has 1 amide bonds. The van der Waals surface area contributed by atoms with Crippen LogP contribution in [0.1, 0.15) is 6.92 Å². The van der Waals surface area contributed by atoms with Gasteiger partial charge in [-0.3, -0.25) is 4.52 Å². The Hall–Kier alpha value is -0.620. The summed E-state index contributed by atoms with van der Waals surface area (Å²) in [5.74, 6) is 0. The Bertz CT molecular complexity index is 194. The number of hydrogen-bond acceptors (Lipinski definition) is 5. The monoisotopic (exact) mass is 199 g/mol. The van der Waals surface area contributed by atoms with Crippen LogP contribution in [0.15, 0.2) is 0 Å². The van der Waals surface area contributed by atoms with Crippen molar-refractivity contribution in [2.24, 2.45) is 5.73 Å². The standard InChI is InChI=1S/C4H10NO6P/c1-2-10-12(7,8)11-3-9-4(5)6/h2-3H2,1H3,(H2,5,6)(H,7,8). The molecule has 3 N–H and O–H groups in total. The number of amides is 1. The molecule has 0 heterocycles. The SMILES string of the molecule is CCOP(=O)(O)OCOC(N)=O. The van der Waals surface area contributed by atoms with Gasteiger partial charge in [0.2, 0.25) is 6.79 Å². The number of carbonyl (C=O) groups is 1. The highest BCUT2D eigenvalue weighted by Crippen LogP contribution is 2.42. The summed E-state index contributed by atoms with van der Waals surface area (Å²) < 4.78 is 23.1. The number of phosphoric acid groups is 1. The molecule has 0 aromatic carbocycles. The molecule has 0 spiro atoms. The van der Waals surface area contributed by atoms with Gasteiger partial charge in [-0.15, -0.1) is 0 Å². The van der Waals surface area contributed by atoms with Gasteiger partial charge in [0.15, 0.2) is 0 Å². The Morgan fingerprint density at radius 1 is 1.58 bits per heavy atom. The van der Waals surface area contributed by atoms with Crippen LogP contribution in [0.3, 0.4) is 0 Å². The lowest BCUT2D eigenvalue weighted by Crippen LogP contribution is -2.14. The first-order chi connectivity index (χ1) is 5.48. The maximum absolute atomic E-state index is 10.7. The van der Waals surface area contributed by atoms with Crippen molar-refractivity contribution in [3.63, 3.8) is 0 Å². The molecule has 0 fully saturated rings. The van der Waals surface area contributed by atoms with Gasteiger partial charge in [-0.05, 0) is 6.92 Å². The molecular formula is C4H10NO6P. The van der Waals surface area contributed by atoms with Crippen LogP contribution >= 0.6 is 7.82 Å². The van der Waals surface area contributed by atoms with Gasteiger partial charge in [-0.1, -0.05) is 0 Å². The van der Waals surface area contributed by atoms with E-state index in [1.807, 2.05) is 0 Å². The van der Waals surface area contributed by atoms with Gasteiger partial charge in [-0.2, -0.15) is 0 Å². The molecule has 0 aliphatic heterocycles. The van der Waals surface area contributed by atoms with E-state index in [9.17, 15) is 9.36 Å². The number of ether oxygens (including phenoxy) is 1. The van der Waals surface area contributed by atoms with Crippen molar-refractivity contribution in [3.05, 3.63) is 0 Å². The first-order valence-corrected chi connectivity index (χ1v) is 4.51. The number of rotatable bonds is 5. The minimum absolute atomic E-state index is 0.0182. The Balaban J connectivity index is 3.61. The molecule has 1 atom stereocenters. The maximum atomic E-state index is 10.7. The molecule has 7 nitrogen and oxygen atoms in total. The van der Waals surface area contributed by atoms with Gasteiger partial charge in [0.25, 0.3) is 0 Å². The molecule has 1 unspecified atom stereocenters. The summed E-state index contributed by atoms with van der Waals surface area (Å²) in [5, 5.41) is 0. The zero-order chi connectivity index (χ0) is 9.61. The minimum atomic E-state index is -4.08. The molecule has 0 aromatic rings. The summed E-state index contributed by atoms with van der Waals surface area (Å²) in [4.78, 5) is 18.7. The molecule has 72 valence electrons. The molecule has 0 saturated carbocycles. The van der Waals surface area contributed by atoms with Crippen LogP contribution in [-0.4, -0.2) is 24.4 Å². The van der Waals surface area contributed by atoms with Crippen LogP contribution in [0.2, 0.25) is 0 Å². The van der Waals surface area contributed by atoms with Crippen molar-refractivity contribution in [1.29, 1.82) is 0 Å². The molecule has 0 aromatic heterocycles. The highest BCUT2D eigenvalue weighted by atomic mass is 31.2. The van der Waals surface area contributed by atoms with Crippen LogP contribution in [-0.2, 0) is 18.3 Å². The molecule has 0 aliphatic rings. The third-order valence-electron chi connectivity index (χ3n) is 0.709. The lowest BCUT2D eigenvalue weighted by Gasteiger charge is -2.09. The highest BCUT2D eigenvalue weighted by molar-refractivity contribution is 7.47. The lowest BCUT2D eigenvalue weighted by atomic mass is 10.9. The van der Waals surface area contributed by atoms with Crippen LogP contribution in [0.5, 0.6) is 0 Å². The normalized spacial score (nSPS) is 15.2. The van der Waals surface area contributed by atoms with Crippen LogP contribution < -0.4 is 5.73 Å². The predicted octanol–water partition coefficient (Wildman–Crippen LogP) is 0.193. The second kappa shape index (κ2) is 5.10. The van der Waals surface area contributed by atoms with Gasteiger partial charge in [0, 0.05) is 0 Å². The van der Waals surface area contributed by atoms with Crippen molar-refractivity contribution < 1.29 is 28.0 Å². The minimum Gasteiger partial charge on any atom is -0.422 e. The second-order valence-corrected chi connectivity index (χ2v) is 3.05. The molecule has 0 saturated heterocycles. The predicted molar refractivity (Wildman–Crippen MR) is 38.1 cm³/mol. The van der Waals surface area contributed by atoms with E-state index in [1.54, 1.807) is 0 Å². The van der Waals surface area contributed by atoms with Gasteiger partial charge in [-0.25, -0.2) is 13.9 Å². The van der Waals surface area contributed by atoms with E-state index < -0.39 is 20.7 Å². The van der Waals surface area contributed by atoms with Crippen LogP contribution in [0.25, 0.3) is 0 Å². The zero-order valence-corrected chi connectivity index (χ0v) is 7.32. The summed E-state index contributed by atoms with van der Waals surface area (Å²) in [6.07, 6.45) is -1.09. The lowest BCUT2D eigenvalue weighted by molar-refractivity contribution is 0.0365. The summed E-state index contributed by atoms with van der Waals surface area (Å²) >= 11 is 0. The Morgan fingerprint density at radius 2 is 2.17 bits per heavy atom. The van der Waals surface area contributed by atoms with Crippen molar-refractivity contribution >= 4 is 13.9 Å². The summed E-state index contributed by atoms with van der Waals surface area (Å²) in [7, 11) is -4.08. The smallest absolute Gasteiger partial charge is 0.422 e.